The molecule has 0 atom stereocenters. The van der Waals surface area contributed by atoms with E-state index < -0.39 is 11.7 Å². The summed E-state index contributed by atoms with van der Waals surface area (Å²) in [6.45, 7) is 2.29. The van der Waals surface area contributed by atoms with Crippen LogP contribution in [-0.2, 0) is 6.18 Å². The number of anilines is 1. The van der Waals surface area contributed by atoms with Gasteiger partial charge in [0.15, 0.2) is 8.68 Å². The fourth-order valence-corrected chi connectivity index (χ4v) is 3.82. The van der Waals surface area contributed by atoms with Crippen molar-refractivity contribution < 1.29 is 13.2 Å². The van der Waals surface area contributed by atoms with Crippen LogP contribution in [0.25, 0.3) is 0 Å². The van der Waals surface area contributed by atoms with Crippen LogP contribution in [0.3, 0.4) is 0 Å². The molecule has 2 rings (SSSR count). The van der Waals surface area contributed by atoms with E-state index in [-0.39, 0.29) is 10.8 Å². The summed E-state index contributed by atoms with van der Waals surface area (Å²) in [6.07, 6.45) is -2.55. The monoisotopic (exact) mass is 352 g/mol. The first-order chi connectivity index (χ1) is 9.92. The van der Waals surface area contributed by atoms with E-state index in [1.165, 1.54) is 23.1 Å². The van der Waals surface area contributed by atoms with Crippen molar-refractivity contribution in [2.75, 3.05) is 18.1 Å². The summed E-state index contributed by atoms with van der Waals surface area (Å²) in [7, 11) is 0. The first-order valence-corrected chi connectivity index (χ1v) is 8.66. The van der Waals surface area contributed by atoms with Gasteiger partial charge in [-0.15, -0.1) is 10.2 Å². The van der Waals surface area contributed by atoms with Crippen LogP contribution < -0.4 is 5.32 Å². The molecule has 0 radical (unpaired) electrons. The highest BCUT2D eigenvalue weighted by Gasteiger charge is 2.31. The van der Waals surface area contributed by atoms with Crippen molar-refractivity contribution >= 4 is 40.7 Å². The molecule has 0 saturated heterocycles. The van der Waals surface area contributed by atoms with Crippen LogP contribution in [0.2, 0.25) is 0 Å². The lowest BCUT2D eigenvalue weighted by Gasteiger charge is -2.11. The van der Waals surface area contributed by atoms with E-state index in [1.54, 1.807) is 6.92 Å². The molecule has 0 amide bonds. The molecule has 2 heterocycles. The van der Waals surface area contributed by atoms with Crippen LogP contribution in [0.4, 0.5) is 19.0 Å². The van der Waals surface area contributed by atoms with Gasteiger partial charge >= 0.3 is 6.18 Å². The Morgan fingerprint density at radius 2 is 1.95 bits per heavy atom. The third kappa shape index (κ3) is 4.48. The van der Waals surface area contributed by atoms with Crippen molar-refractivity contribution in [1.29, 1.82) is 0 Å². The maximum Gasteiger partial charge on any atom is 0.416 e. The number of thioether (sulfide) groups is 1. The van der Waals surface area contributed by atoms with Crippen LogP contribution in [-0.4, -0.2) is 28.0 Å². The average molecular weight is 352 g/mol. The molecule has 0 unspecified atom stereocenters. The molecule has 2 aromatic rings. The van der Waals surface area contributed by atoms with Crippen LogP contribution >= 0.6 is 34.9 Å². The minimum absolute atomic E-state index is 0.199. The van der Waals surface area contributed by atoms with E-state index in [4.69, 9.17) is 0 Å². The zero-order chi connectivity index (χ0) is 15.5. The highest BCUT2D eigenvalue weighted by atomic mass is 32.2. The Morgan fingerprint density at radius 3 is 2.52 bits per heavy atom. The molecule has 0 saturated carbocycles. The topological polar surface area (TPSA) is 50.7 Å². The molecule has 2 aromatic heterocycles. The number of pyridine rings is 1. The first-order valence-electron chi connectivity index (χ1n) is 5.81. The number of rotatable bonds is 5. The molecular formula is C11H11F3N4S3. The first kappa shape index (κ1) is 16.4. The number of nitrogens with zero attached hydrogens (tertiary/aromatic N) is 3. The zero-order valence-corrected chi connectivity index (χ0v) is 13.5. The van der Waals surface area contributed by atoms with Crippen LogP contribution in [0, 0.1) is 0 Å². The third-order valence-corrected chi connectivity index (χ3v) is 5.11. The maximum absolute atomic E-state index is 12.9. The van der Waals surface area contributed by atoms with E-state index in [2.05, 4.69) is 20.5 Å². The minimum Gasteiger partial charge on any atom is -0.370 e. The summed E-state index contributed by atoms with van der Waals surface area (Å²) >= 11 is 3.83. The van der Waals surface area contributed by atoms with Gasteiger partial charge in [0, 0.05) is 6.54 Å². The Balaban J connectivity index is 2.30. The fraction of sp³-hybridized carbons (Fsp3) is 0.364. The summed E-state index contributed by atoms with van der Waals surface area (Å²) in [5.41, 5.74) is -0.731. The summed E-state index contributed by atoms with van der Waals surface area (Å²) in [5, 5.41) is 10.9. The lowest BCUT2D eigenvalue weighted by molar-refractivity contribution is -0.137. The van der Waals surface area contributed by atoms with E-state index in [9.17, 15) is 13.2 Å². The Labute approximate surface area is 132 Å². The summed E-state index contributed by atoms with van der Waals surface area (Å²) in [4.78, 5) is 4.15. The second-order valence-electron chi connectivity index (χ2n) is 3.75. The number of halogens is 3. The molecule has 0 fully saturated rings. The van der Waals surface area contributed by atoms with Gasteiger partial charge in [0.05, 0.1) is 5.56 Å². The van der Waals surface area contributed by atoms with E-state index in [0.717, 1.165) is 28.2 Å². The van der Waals surface area contributed by atoms with E-state index in [0.29, 0.717) is 10.9 Å². The Bertz CT molecular complexity index is 615. The molecule has 1 N–H and O–H groups in total. The molecule has 10 heteroatoms. The molecule has 4 nitrogen and oxygen atoms in total. The lowest BCUT2D eigenvalue weighted by atomic mass is 10.2. The standard InChI is InChI=1S/C11H11F3N4S3/c1-3-15-7-4-6(11(12,13)14)5-8(16-7)20-10-18-17-9(19-2)21-10/h4-5H,3H2,1-2H3,(H,15,16). The number of alkyl halides is 3. The van der Waals surface area contributed by atoms with Gasteiger partial charge in [-0.25, -0.2) is 4.98 Å². The predicted octanol–water partition coefficient (Wildman–Crippen LogP) is 4.26. The van der Waals surface area contributed by atoms with Gasteiger partial charge in [-0.3, -0.25) is 0 Å². The molecule has 0 aliphatic heterocycles. The van der Waals surface area contributed by atoms with Gasteiger partial charge in [-0.05, 0) is 37.1 Å². The number of hydrogen-bond donors (Lipinski definition) is 1. The SMILES string of the molecule is CCNc1cc(C(F)(F)F)cc(Sc2nnc(SC)s2)n1. The van der Waals surface area contributed by atoms with Gasteiger partial charge in [0.1, 0.15) is 10.8 Å². The van der Waals surface area contributed by atoms with Crippen molar-refractivity contribution in [2.24, 2.45) is 0 Å². The third-order valence-electron chi connectivity index (χ3n) is 2.24. The van der Waals surface area contributed by atoms with Gasteiger partial charge in [-0.2, -0.15) is 13.2 Å². The summed E-state index contributed by atoms with van der Waals surface area (Å²) in [6, 6.07) is 2.02. The molecule has 0 aromatic carbocycles. The second-order valence-corrected chi connectivity index (χ2v) is 7.05. The van der Waals surface area contributed by atoms with Gasteiger partial charge in [-0.1, -0.05) is 23.1 Å². The number of hydrogen-bond acceptors (Lipinski definition) is 7. The predicted molar refractivity (Wildman–Crippen MR) is 79.2 cm³/mol. The lowest BCUT2D eigenvalue weighted by Crippen LogP contribution is -2.08. The Morgan fingerprint density at radius 1 is 1.24 bits per heavy atom. The van der Waals surface area contributed by atoms with Crippen LogP contribution in [0.1, 0.15) is 12.5 Å². The fourth-order valence-electron chi connectivity index (χ4n) is 1.40. The van der Waals surface area contributed by atoms with Gasteiger partial charge in [0.25, 0.3) is 0 Å². The highest BCUT2D eigenvalue weighted by Crippen LogP contribution is 2.36. The Hall–Kier alpha value is -1.00. The minimum atomic E-state index is -4.41. The summed E-state index contributed by atoms with van der Waals surface area (Å²) < 4.78 is 40.0. The number of aromatic nitrogens is 3. The van der Waals surface area contributed by atoms with Crippen molar-refractivity contribution in [3.8, 4) is 0 Å². The molecule has 0 aliphatic rings. The van der Waals surface area contributed by atoms with Crippen LogP contribution in [0.5, 0.6) is 0 Å². The second kappa shape index (κ2) is 6.84. The number of nitrogens with one attached hydrogen (secondary N) is 1. The van der Waals surface area contributed by atoms with Gasteiger partial charge in [0.2, 0.25) is 0 Å². The maximum atomic E-state index is 12.9. The van der Waals surface area contributed by atoms with Crippen molar-refractivity contribution in [3.05, 3.63) is 17.7 Å². The molecule has 0 aliphatic carbocycles. The summed E-state index contributed by atoms with van der Waals surface area (Å²) in [5.74, 6) is 0.199. The smallest absolute Gasteiger partial charge is 0.370 e. The zero-order valence-electron chi connectivity index (χ0n) is 11.1. The van der Waals surface area contributed by atoms with Gasteiger partial charge < -0.3 is 5.32 Å². The molecule has 0 spiro atoms. The average Bonchev–Trinajstić information content (AvgIpc) is 2.85. The van der Waals surface area contributed by atoms with Crippen molar-refractivity contribution in [1.82, 2.24) is 15.2 Å². The molecule has 114 valence electrons. The van der Waals surface area contributed by atoms with Crippen LogP contribution in [0.15, 0.2) is 25.8 Å². The molecule has 21 heavy (non-hydrogen) atoms. The molecular weight excluding hydrogens is 341 g/mol. The van der Waals surface area contributed by atoms with Crippen molar-refractivity contribution in [2.45, 2.75) is 26.8 Å². The highest BCUT2D eigenvalue weighted by molar-refractivity contribution is 8.02. The van der Waals surface area contributed by atoms with E-state index >= 15 is 0 Å². The normalized spacial score (nSPS) is 11.7. The largest absolute Gasteiger partial charge is 0.416 e. The molecule has 0 bridgehead atoms. The quantitative estimate of drug-likeness (QED) is 0.812. The van der Waals surface area contributed by atoms with Crippen molar-refractivity contribution in [3.63, 3.8) is 0 Å². The Kier molecular flexibility index (Phi) is 5.33. The van der Waals surface area contributed by atoms with E-state index in [1.807, 2.05) is 6.26 Å².